The van der Waals surface area contributed by atoms with Gasteiger partial charge in [-0.15, -0.1) is 0 Å². The van der Waals surface area contributed by atoms with E-state index in [2.05, 4.69) is 10.4 Å². The average molecular weight is 269 g/mol. The zero-order valence-corrected chi connectivity index (χ0v) is 12.1. The van der Waals surface area contributed by atoms with Gasteiger partial charge < -0.3 is 11.1 Å². The molecule has 0 unspecified atom stereocenters. The lowest BCUT2D eigenvalue weighted by Crippen LogP contribution is -2.45. The number of anilines is 1. The summed E-state index contributed by atoms with van der Waals surface area (Å²) in [6.45, 7) is 6.32. The Morgan fingerprint density at radius 1 is 1.42 bits per heavy atom. The van der Waals surface area contributed by atoms with Crippen LogP contribution in [-0.4, -0.2) is 26.8 Å². The highest BCUT2D eigenvalue weighted by Crippen LogP contribution is 2.32. The summed E-state index contributed by atoms with van der Waals surface area (Å²) in [6.07, 6.45) is 2.12. The van der Waals surface area contributed by atoms with Gasteiger partial charge in [-0.05, 0) is 19.3 Å². The maximum Gasteiger partial charge on any atom is 0.333 e. The number of rotatable bonds is 7. The molecule has 0 aliphatic heterocycles. The zero-order valence-electron chi connectivity index (χ0n) is 12.1. The van der Waals surface area contributed by atoms with E-state index >= 15 is 0 Å². The fourth-order valence-corrected chi connectivity index (χ4v) is 2.16. The van der Waals surface area contributed by atoms with Crippen LogP contribution in [0.3, 0.4) is 0 Å². The molecule has 1 aromatic heterocycles. The van der Waals surface area contributed by atoms with Crippen molar-refractivity contribution in [3.63, 3.8) is 0 Å². The second-order valence-corrected chi connectivity index (χ2v) is 4.69. The molecular weight excluding hydrogens is 246 g/mol. The van der Waals surface area contributed by atoms with E-state index in [4.69, 9.17) is 5.73 Å². The van der Waals surface area contributed by atoms with Crippen LogP contribution < -0.4 is 11.1 Å². The molecule has 1 aromatic rings. The van der Waals surface area contributed by atoms with Crippen molar-refractivity contribution >= 4 is 11.5 Å². The Balaban J connectivity index is 3.27. The minimum absolute atomic E-state index is 0.0599. The second kappa shape index (κ2) is 6.01. The van der Waals surface area contributed by atoms with E-state index in [0.717, 1.165) is 12.8 Å². The molecule has 0 amide bonds. The van der Waals surface area contributed by atoms with Crippen molar-refractivity contribution < 1.29 is 4.92 Å². The first-order chi connectivity index (χ1) is 8.94. The number of nitro groups is 1. The highest BCUT2D eigenvalue weighted by molar-refractivity contribution is 5.61. The molecule has 0 saturated heterocycles. The van der Waals surface area contributed by atoms with E-state index in [-0.39, 0.29) is 16.1 Å². The lowest BCUT2D eigenvalue weighted by Gasteiger charge is -2.31. The number of nitrogens with one attached hydrogen (secondary N) is 1. The van der Waals surface area contributed by atoms with Gasteiger partial charge in [0.05, 0.1) is 10.5 Å². The minimum Gasteiger partial charge on any atom is -0.358 e. The smallest absolute Gasteiger partial charge is 0.333 e. The van der Waals surface area contributed by atoms with E-state index in [0.29, 0.717) is 24.5 Å². The summed E-state index contributed by atoms with van der Waals surface area (Å²) in [4.78, 5) is 10.9. The summed E-state index contributed by atoms with van der Waals surface area (Å²) >= 11 is 0. The minimum atomic E-state index is -0.374. The predicted octanol–water partition coefficient (Wildman–Crippen LogP) is 1.82. The standard InChI is InChI=1S/C12H23N5O2/c1-5-9-10(17(18)19)11(16(4)15-9)14-12(6-2,7-3)8-13/h14H,5-8,13H2,1-4H3. The Hall–Kier alpha value is -1.63. The molecule has 1 heterocycles. The van der Waals surface area contributed by atoms with Crippen LogP contribution in [0.15, 0.2) is 0 Å². The van der Waals surface area contributed by atoms with Crippen LogP contribution in [0.4, 0.5) is 11.5 Å². The van der Waals surface area contributed by atoms with Gasteiger partial charge in [0.15, 0.2) is 0 Å². The van der Waals surface area contributed by atoms with Crippen molar-refractivity contribution in [1.82, 2.24) is 9.78 Å². The van der Waals surface area contributed by atoms with Crippen LogP contribution in [0.5, 0.6) is 0 Å². The molecule has 3 N–H and O–H groups in total. The third-order valence-corrected chi connectivity index (χ3v) is 3.74. The molecule has 7 heteroatoms. The van der Waals surface area contributed by atoms with Gasteiger partial charge in [0, 0.05) is 13.6 Å². The van der Waals surface area contributed by atoms with E-state index in [1.165, 1.54) is 4.68 Å². The molecule has 0 fully saturated rings. The average Bonchev–Trinajstić information content (AvgIpc) is 2.72. The quantitative estimate of drug-likeness (QED) is 0.581. The van der Waals surface area contributed by atoms with Gasteiger partial charge >= 0.3 is 5.69 Å². The Bertz CT molecular complexity index is 443. The predicted molar refractivity (Wildman–Crippen MR) is 75.2 cm³/mol. The van der Waals surface area contributed by atoms with Gasteiger partial charge in [0.2, 0.25) is 5.82 Å². The molecule has 1 rings (SSSR count). The molecule has 0 atom stereocenters. The van der Waals surface area contributed by atoms with Crippen molar-refractivity contribution in [3.05, 3.63) is 15.8 Å². The van der Waals surface area contributed by atoms with Gasteiger partial charge in [-0.2, -0.15) is 5.10 Å². The zero-order chi connectivity index (χ0) is 14.6. The SMILES string of the molecule is CCc1nn(C)c(NC(CC)(CC)CN)c1[N+](=O)[O-]. The Morgan fingerprint density at radius 3 is 2.37 bits per heavy atom. The number of aryl methyl sites for hydroxylation is 2. The monoisotopic (exact) mass is 269 g/mol. The van der Waals surface area contributed by atoms with E-state index < -0.39 is 0 Å². The van der Waals surface area contributed by atoms with Crippen molar-refractivity contribution in [1.29, 1.82) is 0 Å². The first-order valence-corrected chi connectivity index (χ1v) is 6.63. The van der Waals surface area contributed by atoms with Crippen LogP contribution in [0.1, 0.15) is 39.3 Å². The summed E-state index contributed by atoms with van der Waals surface area (Å²) in [6, 6.07) is 0. The molecule has 0 saturated carbocycles. The topological polar surface area (TPSA) is 99.0 Å². The molecule has 0 spiro atoms. The molecule has 0 bridgehead atoms. The maximum absolute atomic E-state index is 11.2. The number of aromatic nitrogens is 2. The molecule has 19 heavy (non-hydrogen) atoms. The lowest BCUT2D eigenvalue weighted by atomic mass is 9.93. The summed E-state index contributed by atoms with van der Waals surface area (Å²) in [5, 5.41) is 18.7. The number of hydrogen-bond donors (Lipinski definition) is 2. The Kier molecular flexibility index (Phi) is 4.88. The normalized spacial score (nSPS) is 11.6. The molecule has 0 aromatic carbocycles. The summed E-state index contributed by atoms with van der Waals surface area (Å²) in [7, 11) is 1.71. The Labute approximate surface area is 113 Å². The fraction of sp³-hybridized carbons (Fsp3) is 0.750. The van der Waals surface area contributed by atoms with Gasteiger partial charge in [-0.1, -0.05) is 20.8 Å². The van der Waals surface area contributed by atoms with Crippen molar-refractivity contribution in [2.24, 2.45) is 12.8 Å². The van der Waals surface area contributed by atoms with Gasteiger partial charge in [0.25, 0.3) is 0 Å². The lowest BCUT2D eigenvalue weighted by molar-refractivity contribution is -0.384. The van der Waals surface area contributed by atoms with E-state index in [1.807, 2.05) is 20.8 Å². The van der Waals surface area contributed by atoms with Gasteiger partial charge in [0.1, 0.15) is 5.69 Å². The first kappa shape index (κ1) is 15.4. The van der Waals surface area contributed by atoms with Crippen molar-refractivity contribution in [2.75, 3.05) is 11.9 Å². The summed E-state index contributed by atoms with van der Waals surface area (Å²) in [5.74, 6) is 0.441. The molecule has 0 aliphatic rings. The van der Waals surface area contributed by atoms with Crippen molar-refractivity contribution in [2.45, 2.75) is 45.6 Å². The third-order valence-electron chi connectivity index (χ3n) is 3.74. The first-order valence-electron chi connectivity index (χ1n) is 6.63. The van der Waals surface area contributed by atoms with Crippen LogP contribution in [0.25, 0.3) is 0 Å². The maximum atomic E-state index is 11.2. The highest BCUT2D eigenvalue weighted by Gasteiger charge is 2.32. The fourth-order valence-electron chi connectivity index (χ4n) is 2.16. The highest BCUT2D eigenvalue weighted by atomic mass is 16.6. The molecule has 0 radical (unpaired) electrons. The van der Waals surface area contributed by atoms with Crippen molar-refractivity contribution in [3.8, 4) is 0 Å². The third kappa shape index (κ3) is 2.86. The summed E-state index contributed by atoms with van der Waals surface area (Å²) < 4.78 is 1.53. The van der Waals surface area contributed by atoms with E-state index in [1.54, 1.807) is 7.05 Å². The van der Waals surface area contributed by atoms with Gasteiger partial charge in [-0.3, -0.25) is 10.1 Å². The molecule has 0 aliphatic carbocycles. The number of hydrogen-bond acceptors (Lipinski definition) is 5. The van der Waals surface area contributed by atoms with Crippen LogP contribution >= 0.6 is 0 Å². The van der Waals surface area contributed by atoms with Crippen LogP contribution in [0, 0.1) is 10.1 Å². The largest absolute Gasteiger partial charge is 0.358 e. The van der Waals surface area contributed by atoms with Crippen LogP contribution in [-0.2, 0) is 13.5 Å². The Morgan fingerprint density at radius 2 is 2.00 bits per heavy atom. The molecular formula is C12H23N5O2. The number of nitrogens with zero attached hydrogens (tertiary/aromatic N) is 3. The van der Waals surface area contributed by atoms with Crippen LogP contribution in [0.2, 0.25) is 0 Å². The summed E-state index contributed by atoms with van der Waals surface area (Å²) in [5.41, 5.74) is 6.05. The molecule has 7 nitrogen and oxygen atoms in total. The second-order valence-electron chi connectivity index (χ2n) is 4.69. The number of nitrogens with two attached hydrogens (primary N) is 1. The molecule has 108 valence electrons. The van der Waals surface area contributed by atoms with E-state index in [9.17, 15) is 10.1 Å². The van der Waals surface area contributed by atoms with Gasteiger partial charge in [-0.25, -0.2) is 4.68 Å².